The first-order chi connectivity index (χ1) is 12.8. The Labute approximate surface area is 150 Å². The fourth-order valence-corrected chi connectivity index (χ4v) is 2.18. The predicted molar refractivity (Wildman–Crippen MR) is 93.8 cm³/mol. The van der Waals surface area contributed by atoms with Gasteiger partial charge in [-0.05, 0) is 24.3 Å². The Balaban J connectivity index is 1.47. The van der Waals surface area contributed by atoms with Crippen molar-refractivity contribution in [2.24, 2.45) is 0 Å². The summed E-state index contributed by atoms with van der Waals surface area (Å²) in [6, 6.07) is 18.1. The van der Waals surface area contributed by atoms with E-state index >= 15 is 0 Å². The second kappa shape index (κ2) is 8.68. The van der Waals surface area contributed by atoms with Crippen molar-refractivity contribution >= 4 is 5.91 Å². The number of benzene rings is 2. The molecular formula is C19H18N2O5. The molecule has 0 radical (unpaired) electrons. The Morgan fingerprint density at radius 3 is 2.65 bits per heavy atom. The molecule has 0 saturated heterocycles. The van der Waals surface area contributed by atoms with E-state index in [9.17, 15) is 4.79 Å². The van der Waals surface area contributed by atoms with Crippen LogP contribution in [0.2, 0.25) is 0 Å². The van der Waals surface area contributed by atoms with Gasteiger partial charge in [-0.3, -0.25) is 9.63 Å². The minimum Gasteiger partial charge on any atom is -0.497 e. The monoisotopic (exact) mass is 354 g/mol. The molecule has 0 saturated carbocycles. The fraction of sp³-hybridized carbons (Fsp3) is 0.158. The first kappa shape index (κ1) is 17.5. The number of aromatic nitrogens is 1. The van der Waals surface area contributed by atoms with Crippen LogP contribution in [0, 0.1) is 0 Å². The van der Waals surface area contributed by atoms with Crippen LogP contribution in [0.15, 0.2) is 65.2 Å². The van der Waals surface area contributed by atoms with Crippen molar-refractivity contribution in [1.82, 2.24) is 10.6 Å². The molecule has 0 spiro atoms. The van der Waals surface area contributed by atoms with E-state index in [1.165, 1.54) is 6.07 Å². The average Bonchev–Trinajstić information content (AvgIpc) is 3.19. The van der Waals surface area contributed by atoms with Gasteiger partial charge in [-0.25, -0.2) is 5.48 Å². The number of rotatable bonds is 8. The van der Waals surface area contributed by atoms with Crippen LogP contribution in [0.1, 0.15) is 10.5 Å². The van der Waals surface area contributed by atoms with Crippen LogP contribution in [0.4, 0.5) is 0 Å². The first-order valence-corrected chi connectivity index (χ1v) is 7.97. The maximum Gasteiger partial charge on any atom is 0.297 e. The van der Waals surface area contributed by atoms with Gasteiger partial charge < -0.3 is 14.0 Å². The summed E-state index contributed by atoms with van der Waals surface area (Å²) < 4.78 is 15.8. The number of ether oxygens (including phenoxy) is 2. The van der Waals surface area contributed by atoms with E-state index in [2.05, 4.69) is 10.6 Å². The van der Waals surface area contributed by atoms with Gasteiger partial charge >= 0.3 is 0 Å². The second-order valence-electron chi connectivity index (χ2n) is 5.25. The number of nitrogens with one attached hydrogen (secondary N) is 1. The van der Waals surface area contributed by atoms with Gasteiger partial charge in [0.1, 0.15) is 24.7 Å². The van der Waals surface area contributed by atoms with Gasteiger partial charge in [-0.15, -0.1) is 0 Å². The third-order valence-corrected chi connectivity index (χ3v) is 3.46. The van der Waals surface area contributed by atoms with Crippen molar-refractivity contribution in [3.8, 4) is 22.8 Å². The molecule has 1 N–H and O–H groups in total. The first-order valence-electron chi connectivity index (χ1n) is 7.97. The normalized spacial score (nSPS) is 10.3. The number of hydrogen-bond acceptors (Lipinski definition) is 6. The summed E-state index contributed by atoms with van der Waals surface area (Å²) in [5.74, 6) is 1.39. The highest BCUT2D eigenvalue weighted by Crippen LogP contribution is 2.24. The lowest BCUT2D eigenvalue weighted by atomic mass is 10.1. The molecule has 134 valence electrons. The summed E-state index contributed by atoms with van der Waals surface area (Å²) in [5.41, 5.74) is 3.18. The van der Waals surface area contributed by atoms with E-state index in [1.54, 1.807) is 13.2 Å². The van der Waals surface area contributed by atoms with Crippen LogP contribution < -0.4 is 15.0 Å². The molecule has 7 nitrogen and oxygen atoms in total. The highest BCUT2D eigenvalue weighted by molar-refractivity contribution is 5.92. The van der Waals surface area contributed by atoms with Gasteiger partial charge in [-0.1, -0.05) is 35.5 Å². The Morgan fingerprint density at radius 2 is 1.85 bits per heavy atom. The molecule has 0 atom stereocenters. The molecule has 1 aromatic heterocycles. The molecular weight excluding hydrogens is 336 g/mol. The number of hydrogen-bond donors (Lipinski definition) is 1. The lowest BCUT2D eigenvalue weighted by Crippen LogP contribution is -2.26. The number of hydroxylamine groups is 1. The van der Waals surface area contributed by atoms with Gasteiger partial charge in [0.15, 0.2) is 11.5 Å². The summed E-state index contributed by atoms with van der Waals surface area (Å²) in [4.78, 5) is 17.1. The van der Waals surface area contributed by atoms with E-state index in [0.29, 0.717) is 18.1 Å². The summed E-state index contributed by atoms with van der Waals surface area (Å²) in [7, 11) is 1.58. The van der Waals surface area contributed by atoms with Gasteiger partial charge in [0.05, 0.1) is 7.11 Å². The van der Waals surface area contributed by atoms with Crippen LogP contribution >= 0.6 is 0 Å². The zero-order chi connectivity index (χ0) is 18.2. The van der Waals surface area contributed by atoms with E-state index in [0.717, 1.165) is 11.3 Å². The Bertz CT molecular complexity index is 848. The van der Waals surface area contributed by atoms with Crippen LogP contribution in [0.3, 0.4) is 0 Å². The topological polar surface area (TPSA) is 82.8 Å². The predicted octanol–water partition coefficient (Wildman–Crippen LogP) is 3.09. The van der Waals surface area contributed by atoms with Crippen molar-refractivity contribution < 1.29 is 23.6 Å². The molecule has 0 aliphatic carbocycles. The number of carbonyl (C=O) groups excluding carboxylic acids is 1. The third-order valence-electron chi connectivity index (χ3n) is 3.46. The molecule has 0 unspecified atom stereocenters. The Morgan fingerprint density at radius 1 is 1.04 bits per heavy atom. The van der Waals surface area contributed by atoms with E-state index in [1.807, 2.05) is 48.5 Å². The summed E-state index contributed by atoms with van der Waals surface area (Å²) in [6.45, 7) is 0.499. The lowest BCUT2D eigenvalue weighted by Gasteiger charge is -2.06. The molecule has 26 heavy (non-hydrogen) atoms. The summed E-state index contributed by atoms with van der Waals surface area (Å²) in [6.07, 6.45) is 0. The molecule has 2 aromatic carbocycles. The highest BCUT2D eigenvalue weighted by Gasteiger charge is 2.14. The zero-order valence-electron chi connectivity index (χ0n) is 14.2. The van der Waals surface area contributed by atoms with Crippen molar-refractivity contribution in [2.75, 3.05) is 20.3 Å². The number of nitrogens with zero attached hydrogens (tertiary/aromatic N) is 1. The number of amides is 1. The van der Waals surface area contributed by atoms with E-state index < -0.39 is 5.91 Å². The van der Waals surface area contributed by atoms with Gasteiger partial charge in [0.25, 0.3) is 5.91 Å². The van der Waals surface area contributed by atoms with Gasteiger partial charge in [-0.2, -0.15) is 0 Å². The zero-order valence-corrected chi connectivity index (χ0v) is 14.2. The molecule has 7 heteroatoms. The Hall–Kier alpha value is -3.32. The van der Waals surface area contributed by atoms with E-state index in [4.69, 9.17) is 18.8 Å². The molecule has 1 heterocycles. The van der Waals surface area contributed by atoms with Crippen molar-refractivity contribution in [3.63, 3.8) is 0 Å². The average molecular weight is 354 g/mol. The van der Waals surface area contributed by atoms with Crippen LogP contribution in [-0.4, -0.2) is 31.4 Å². The number of carbonyl (C=O) groups is 1. The van der Waals surface area contributed by atoms with Gasteiger partial charge in [0, 0.05) is 11.6 Å². The van der Waals surface area contributed by atoms with Crippen LogP contribution in [-0.2, 0) is 4.84 Å². The van der Waals surface area contributed by atoms with E-state index in [-0.39, 0.29) is 12.3 Å². The molecule has 3 aromatic rings. The standard InChI is InChI=1S/C19H18N2O5/c1-23-16-9-5-6-14(12-16)18-13-17(20-26-18)19(22)21-25-11-10-24-15-7-3-2-4-8-15/h2-9,12-13H,10-11H2,1H3,(H,21,22). The maximum atomic E-state index is 12.0. The fourth-order valence-electron chi connectivity index (χ4n) is 2.18. The maximum absolute atomic E-state index is 12.0. The molecule has 0 aliphatic heterocycles. The minimum atomic E-state index is -0.498. The molecule has 1 amide bonds. The molecule has 0 fully saturated rings. The SMILES string of the molecule is COc1cccc(-c2cc(C(=O)NOCCOc3ccccc3)no2)c1. The molecule has 0 bridgehead atoms. The second-order valence-corrected chi connectivity index (χ2v) is 5.25. The minimum absolute atomic E-state index is 0.117. The largest absolute Gasteiger partial charge is 0.497 e. The van der Waals surface area contributed by atoms with Gasteiger partial charge in [0.2, 0.25) is 0 Å². The lowest BCUT2D eigenvalue weighted by molar-refractivity contribution is 0.0194. The van der Waals surface area contributed by atoms with Crippen molar-refractivity contribution in [1.29, 1.82) is 0 Å². The number of para-hydroxylation sites is 1. The van der Waals surface area contributed by atoms with Crippen LogP contribution in [0.5, 0.6) is 11.5 Å². The summed E-state index contributed by atoms with van der Waals surface area (Å²) in [5, 5.41) is 3.76. The Kier molecular flexibility index (Phi) is 5.84. The smallest absolute Gasteiger partial charge is 0.297 e. The van der Waals surface area contributed by atoms with Crippen molar-refractivity contribution in [2.45, 2.75) is 0 Å². The molecule has 3 rings (SSSR count). The molecule has 0 aliphatic rings. The highest BCUT2D eigenvalue weighted by atomic mass is 16.7. The third kappa shape index (κ3) is 4.61. The van der Waals surface area contributed by atoms with Crippen LogP contribution in [0.25, 0.3) is 11.3 Å². The van der Waals surface area contributed by atoms with Crippen molar-refractivity contribution in [3.05, 3.63) is 66.4 Å². The number of methoxy groups -OCH3 is 1. The summed E-state index contributed by atoms with van der Waals surface area (Å²) >= 11 is 0. The quantitative estimate of drug-likeness (QED) is 0.494.